The first-order valence-electron chi connectivity index (χ1n) is 9.38. The average Bonchev–Trinajstić information content (AvgIpc) is 3.23. The zero-order chi connectivity index (χ0) is 18.1. The van der Waals surface area contributed by atoms with Crippen LogP contribution in [-0.4, -0.2) is 23.6 Å². The number of hydrogen-bond acceptors (Lipinski definition) is 3. The summed E-state index contributed by atoms with van der Waals surface area (Å²) in [6.07, 6.45) is 3.86. The van der Waals surface area contributed by atoms with Gasteiger partial charge in [-0.05, 0) is 74.9 Å². The summed E-state index contributed by atoms with van der Waals surface area (Å²) >= 11 is 1.67. The second-order valence-electron chi connectivity index (χ2n) is 7.21. The molecule has 1 amide bonds. The topological polar surface area (TPSA) is 37.3 Å². The van der Waals surface area contributed by atoms with Crippen molar-refractivity contribution in [3.63, 3.8) is 0 Å². The number of carbonyl (C=O) groups is 1. The number of carbonyl (C=O) groups excluding carboxylic acids is 1. The fourth-order valence-electron chi connectivity index (χ4n) is 3.78. The molecule has 1 aliphatic rings. The lowest BCUT2D eigenvalue weighted by Crippen LogP contribution is -2.29. The number of rotatable bonds is 4. The quantitative estimate of drug-likeness (QED) is 0.658. The number of anilines is 2. The lowest BCUT2D eigenvalue weighted by molar-refractivity contribution is 0.101. The molecule has 0 unspecified atom stereocenters. The van der Waals surface area contributed by atoms with Crippen molar-refractivity contribution in [1.82, 2.24) is 4.57 Å². The maximum atomic E-state index is 12.9. The van der Waals surface area contributed by atoms with Crippen molar-refractivity contribution >= 4 is 38.8 Å². The largest absolute Gasteiger partial charge is 0.372 e. The second kappa shape index (κ2) is 7.16. The number of aromatic nitrogens is 1. The molecular formula is C21H25N3OS. The van der Waals surface area contributed by atoms with E-state index in [0.29, 0.717) is 0 Å². The Morgan fingerprint density at radius 2 is 1.81 bits per heavy atom. The lowest BCUT2D eigenvalue weighted by atomic mass is 10.1. The molecule has 1 saturated heterocycles. The van der Waals surface area contributed by atoms with Crippen LogP contribution < -0.4 is 10.2 Å². The van der Waals surface area contributed by atoms with Gasteiger partial charge in [0, 0.05) is 30.5 Å². The number of nitrogens with zero attached hydrogens (tertiary/aromatic N) is 2. The Labute approximate surface area is 158 Å². The van der Waals surface area contributed by atoms with Crippen LogP contribution >= 0.6 is 11.3 Å². The Hall–Kier alpha value is -2.27. The molecule has 0 bridgehead atoms. The van der Waals surface area contributed by atoms with Gasteiger partial charge in [0.1, 0.15) is 5.69 Å². The zero-order valence-electron chi connectivity index (χ0n) is 15.4. The molecule has 0 aliphatic carbocycles. The summed E-state index contributed by atoms with van der Waals surface area (Å²) in [5.41, 5.74) is 3.95. The highest BCUT2D eigenvalue weighted by atomic mass is 32.1. The maximum Gasteiger partial charge on any atom is 0.272 e. The van der Waals surface area contributed by atoms with Crippen molar-refractivity contribution in [2.75, 3.05) is 23.3 Å². The molecule has 2 aromatic heterocycles. The van der Waals surface area contributed by atoms with Gasteiger partial charge in [0.05, 0.1) is 10.2 Å². The molecular weight excluding hydrogens is 342 g/mol. The van der Waals surface area contributed by atoms with E-state index in [1.807, 2.05) is 18.2 Å². The molecule has 0 saturated carbocycles. The summed E-state index contributed by atoms with van der Waals surface area (Å²) in [6, 6.07) is 12.6. The summed E-state index contributed by atoms with van der Waals surface area (Å²) < 4.78 is 3.27. The lowest BCUT2D eigenvalue weighted by Gasteiger charge is -2.28. The van der Waals surface area contributed by atoms with E-state index >= 15 is 0 Å². The smallest absolute Gasteiger partial charge is 0.272 e. The van der Waals surface area contributed by atoms with Gasteiger partial charge in [0.25, 0.3) is 5.91 Å². The molecule has 1 aliphatic heterocycles. The number of benzene rings is 1. The molecule has 0 atom stereocenters. The Bertz CT molecular complexity index is 901. The van der Waals surface area contributed by atoms with Gasteiger partial charge in [-0.1, -0.05) is 0 Å². The van der Waals surface area contributed by atoms with Crippen molar-refractivity contribution in [3.05, 3.63) is 47.5 Å². The molecule has 0 spiro atoms. The van der Waals surface area contributed by atoms with E-state index in [9.17, 15) is 4.79 Å². The van der Waals surface area contributed by atoms with E-state index in [1.54, 1.807) is 11.3 Å². The summed E-state index contributed by atoms with van der Waals surface area (Å²) in [6.45, 7) is 6.48. The number of piperidine rings is 1. The molecule has 1 N–H and O–H groups in total. The second-order valence-corrected chi connectivity index (χ2v) is 8.16. The summed E-state index contributed by atoms with van der Waals surface area (Å²) in [5, 5.41) is 5.13. The fourth-order valence-corrected chi connectivity index (χ4v) is 4.59. The van der Waals surface area contributed by atoms with Crippen LogP contribution in [0, 0.1) is 0 Å². The van der Waals surface area contributed by atoms with E-state index in [-0.39, 0.29) is 11.9 Å². The van der Waals surface area contributed by atoms with Gasteiger partial charge >= 0.3 is 0 Å². The fraction of sp³-hybridized carbons (Fsp3) is 0.381. The molecule has 3 aromatic rings. The van der Waals surface area contributed by atoms with Crippen molar-refractivity contribution in [2.45, 2.75) is 39.2 Å². The van der Waals surface area contributed by atoms with Crippen LogP contribution in [0.15, 0.2) is 41.8 Å². The minimum atomic E-state index is -0.0483. The molecule has 5 heteroatoms. The summed E-state index contributed by atoms with van der Waals surface area (Å²) in [4.78, 5) is 15.3. The molecule has 0 radical (unpaired) electrons. The highest BCUT2D eigenvalue weighted by molar-refractivity contribution is 7.17. The molecule has 136 valence electrons. The normalized spacial score (nSPS) is 15.0. The van der Waals surface area contributed by atoms with Gasteiger partial charge < -0.3 is 14.8 Å². The first-order valence-corrected chi connectivity index (χ1v) is 10.3. The van der Waals surface area contributed by atoms with Crippen molar-refractivity contribution in [2.24, 2.45) is 0 Å². The minimum absolute atomic E-state index is 0.0483. The molecule has 1 fully saturated rings. The summed E-state index contributed by atoms with van der Waals surface area (Å²) in [7, 11) is 0. The third-order valence-corrected chi connectivity index (χ3v) is 5.91. The maximum absolute atomic E-state index is 12.9. The highest BCUT2D eigenvalue weighted by Gasteiger charge is 2.18. The van der Waals surface area contributed by atoms with Crippen LogP contribution in [0.2, 0.25) is 0 Å². The number of nitrogens with one attached hydrogen (secondary N) is 1. The predicted molar refractivity (Wildman–Crippen MR) is 111 cm³/mol. The highest BCUT2D eigenvalue weighted by Crippen LogP contribution is 2.29. The monoisotopic (exact) mass is 367 g/mol. The van der Waals surface area contributed by atoms with Gasteiger partial charge in [0.2, 0.25) is 0 Å². The van der Waals surface area contributed by atoms with E-state index in [2.05, 4.69) is 52.2 Å². The van der Waals surface area contributed by atoms with Crippen LogP contribution in [0.1, 0.15) is 49.6 Å². The van der Waals surface area contributed by atoms with E-state index < -0.39 is 0 Å². The summed E-state index contributed by atoms with van der Waals surface area (Å²) in [5.74, 6) is -0.0483. The van der Waals surface area contributed by atoms with Crippen LogP contribution in [-0.2, 0) is 0 Å². The predicted octanol–water partition coefficient (Wildman–Crippen LogP) is 5.53. The number of hydrogen-bond donors (Lipinski definition) is 1. The molecule has 1 aromatic carbocycles. The molecule has 4 nitrogen and oxygen atoms in total. The third-order valence-electron chi connectivity index (χ3n) is 5.06. The zero-order valence-corrected chi connectivity index (χ0v) is 16.2. The van der Waals surface area contributed by atoms with E-state index in [0.717, 1.165) is 34.7 Å². The first-order chi connectivity index (χ1) is 12.6. The Balaban J connectivity index is 1.53. The van der Waals surface area contributed by atoms with E-state index in [1.165, 1.54) is 24.9 Å². The van der Waals surface area contributed by atoms with Gasteiger partial charge in [-0.25, -0.2) is 0 Å². The number of fused-ring (bicyclic) bond motifs is 1. The SMILES string of the molecule is CC(C)n1c(C(=O)Nc2ccc(N3CCCCC3)cc2)cc2sccc21. The molecule has 4 rings (SSSR count). The van der Waals surface area contributed by atoms with Gasteiger partial charge in [-0.2, -0.15) is 0 Å². The number of amides is 1. The number of thiophene rings is 1. The van der Waals surface area contributed by atoms with Crippen molar-refractivity contribution in [1.29, 1.82) is 0 Å². The van der Waals surface area contributed by atoms with Crippen molar-refractivity contribution in [3.8, 4) is 0 Å². The van der Waals surface area contributed by atoms with Gasteiger partial charge in [-0.15, -0.1) is 11.3 Å². The molecule has 3 heterocycles. The Kier molecular flexibility index (Phi) is 4.72. The van der Waals surface area contributed by atoms with Crippen molar-refractivity contribution < 1.29 is 4.79 Å². The minimum Gasteiger partial charge on any atom is -0.372 e. The van der Waals surface area contributed by atoms with Crippen LogP contribution in [0.5, 0.6) is 0 Å². The van der Waals surface area contributed by atoms with Crippen LogP contribution in [0.4, 0.5) is 11.4 Å². The third kappa shape index (κ3) is 3.23. The van der Waals surface area contributed by atoms with Gasteiger partial charge in [0.15, 0.2) is 0 Å². The Morgan fingerprint density at radius 1 is 1.08 bits per heavy atom. The van der Waals surface area contributed by atoms with Crippen LogP contribution in [0.25, 0.3) is 10.2 Å². The molecule has 26 heavy (non-hydrogen) atoms. The van der Waals surface area contributed by atoms with Gasteiger partial charge in [-0.3, -0.25) is 4.79 Å². The average molecular weight is 368 g/mol. The Morgan fingerprint density at radius 3 is 2.50 bits per heavy atom. The first kappa shape index (κ1) is 17.2. The standard InChI is InChI=1S/C21H25N3OS/c1-15(2)24-18-10-13-26-20(18)14-19(24)21(25)22-16-6-8-17(9-7-16)23-11-4-3-5-12-23/h6-10,13-15H,3-5,11-12H2,1-2H3,(H,22,25). The van der Waals surface area contributed by atoms with E-state index in [4.69, 9.17) is 0 Å². The van der Waals surface area contributed by atoms with Crippen LogP contribution in [0.3, 0.4) is 0 Å².